The molecule has 0 radical (unpaired) electrons. The summed E-state index contributed by atoms with van der Waals surface area (Å²) < 4.78 is 0. The number of likely N-dealkylation sites (tertiary alicyclic amines) is 1. The molecule has 23 heavy (non-hydrogen) atoms. The Morgan fingerprint density at radius 1 is 1.17 bits per heavy atom. The molecular weight excluding hydrogens is 310 g/mol. The number of nitrogens with zero attached hydrogens (tertiary/aromatic N) is 2. The molecule has 2 aromatic rings. The highest BCUT2D eigenvalue weighted by Gasteiger charge is 2.33. The number of benzene rings is 1. The summed E-state index contributed by atoms with van der Waals surface area (Å²) in [6.45, 7) is 0.799. The second-order valence-corrected chi connectivity index (χ2v) is 6.88. The van der Waals surface area contributed by atoms with Crippen molar-refractivity contribution in [3.63, 3.8) is 0 Å². The summed E-state index contributed by atoms with van der Waals surface area (Å²) in [5.41, 5.74) is 4.09. The van der Waals surface area contributed by atoms with Crippen molar-refractivity contribution in [2.75, 3.05) is 6.54 Å². The van der Waals surface area contributed by atoms with E-state index in [1.54, 1.807) is 0 Å². The van der Waals surface area contributed by atoms with E-state index < -0.39 is 0 Å². The van der Waals surface area contributed by atoms with Gasteiger partial charge in [-0.05, 0) is 56.2 Å². The summed E-state index contributed by atoms with van der Waals surface area (Å²) in [6, 6.07) is 7.98. The van der Waals surface area contributed by atoms with E-state index in [2.05, 4.69) is 10.2 Å². The van der Waals surface area contributed by atoms with Gasteiger partial charge in [0.25, 0.3) is 5.91 Å². The minimum absolute atomic E-state index is 0.0712. The molecule has 0 saturated carbocycles. The quantitative estimate of drug-likeness (QED) is 0.907. The monoisotopic (exact) mass is 329 g/mol. The van der Waals surface area contributed by atoms with Crippen molar-refractivity contribution in [2.24, 2.45) is 0 Å². The normalized spacial score (nSPS) is 20.6. The van der Waals surface area contributed by atoms with E-state index in [1.165, 1.54) is 6.42 Å². The molecule has 2 heterocycles. The van der Waals surface area contributed by atoms with Crippen LogP contribution in [0.4, 0.5) is 0 Å². The molecule has 5 heteroatoms. The molecule has 1 amide bonds. The summed E-state index contributed by atoms with van der Waals surface area (Å²) in [6.07, 6.45) is 6.33. The predicted molar refractivity (Wildman–Crippen MR) is 89.7 cm³/mol. The molecule has 0 bridgehead atoms. The molecule has 1 saturated heterocycles. The molecule has 1 aliphatic carbocycles. The van der Waals surface area contributed by atoms with Crippen LogP contribution in [0.15, 0.2) is 24.3 Å². The first-order chi connectivity index (χ1) is 11.2. The number of H-pyrrole nitrogens is 1. The number of nitrogens with one attached hydrogen (secondary N) is 1. The maximum atomic E-state index is 13.0. The van der Waals surface area contributed by atoms with Crippen molar-refractivity contribution in [3.05, 3.63) is 51.8 Å². The van der Waals surface area contributed by atoms with Gasteiger partial charge in [0.2, 0.25) is 0 Å². The van der Waals surface area contributed by atoms with Gasteiger partial charge in [-0.15, -0.1) is 0 Å². The third-order valence-electron chi connectivity index (χ3n) is 5.03. The Balaban J connectivity index is 1.62. The van der Waals surface area contributed by atoms with Crippen molar-refractivity contribution in [1.82, 2.24) is 15.1 Å². The Hall–Kier alpha value is -1.81. The minimum Gasteiger partial charge on any atom is -0.330 e. The van der Waals surface area contributed by atoms with Crippen LogP contribution >= 0.6 is 11.6 Å². The Bertz CT molecular complexity index is 722. The first-order valence-corrected chi connectivity index (χ1v) is 8.74. The standard InChI is InChI=1S/C18H20ClN3O/c19-13-9-7-12(8-10-13)16-6-3-11-22(16)18(23)17-14-4-1-2-5-15(14)20-21-17/h7-10,16H,1-6,11H2,(H,20,21). The topological polar surface area (TPSA) is 49.0 Å². The highest BCUT2D eigenvalue weighted by Crippen LogP contribution is 2.34. The van der Waals surface area contributed by atoms with Crippen LogP contribution in [0.2, 0.25) is 5.02 Å². The molecular formula is C18H20ClN3O. The van der Waals surface area contributed by atoms with Gasteiger partial charge in [-0.25, -0.2) is 0 Å². The van der Waals surface area contributed by atoms with Gasteiger partial charge >= 0.3 is 0 Å². The van der Waals surface area contributed by atoms with E-state index in [0.29, 0.717) is 5.69 Å². The van der Waals surface area contributed by atoms with E-state index >= 15 is 0 Å². The largest absolute Gasteiger partial charge is 0.330 e. The smallest absolute Gasteiger partial charge is 0.275 e. The fourth-order valence-electron chi connectivity index (χ4n) is 3.84. The van der Waals surface area contributed by atoms with Gasteiger partial charge in [-0.1, -0.05) is 23.7 Å². The number of halogens is 1. The number of amides is 1. The lowest BCUT2D eigenvalue weighted by Crippen LogP contribution is -2.31. The van der Waals surface area contributed by atoms with E-state index in [1.807, 2.05) is 29.2 Å². The SMILES string of the molecule is O=C(c1n[nH]c2c1CCCC2)N1CCCC1c1ccc(Cl)cc1. The van der Waals surface area contributed by atoms with Crippen LogP contribution in [0.25, 0.3) is 0 Å². The van der Waals surface area contributed by atoms with E-state index in [-0.39, 0.29) is 11.9 Å². The van der Waals surface area contributed by atoms with Gasteiger partial charge in [0, 0.05) is 22.8 Å². The Morgan fingerprint density at radius 2 is 1.96 bits per heavy atom. The number of aryl methyl sites for hydroxylation is 1. The van der Waals surface area contributed by atoms with Gasteiger partial charge in [0.05, 0.1) is 6.04 Å². The molecule has 1 fully saturated rings. The van der Waals surface area contributed by atoms with Gasteiger partial charge in [0.1, 0.15) is 0 Å². The van der Waals surface area contributed by atoms with Crippen LogP contribution in [0.1, 0.15) is 59.0 Å². The molecule has 1 aliphatic heterocycles. The Kier molecular flexibility index (Phi) is 3.85. The number of hydrogen-bond acceptors (Lipinski definition) is 2. The van der Waals surface area contributed by atoms with Crippen LogP contribution < -0.4 is 0 Å². The highest BCUT2D eigenvalue weighted by atomic mass is 35.5. The maximum Gasteiger partial charge on any atom is 0.275 e. The summed E-state index contributed by atoms with van der Waals surface area (Å²) in [7, 11) is 0. The molecule has 120 valence electrons. The summed E-state index contributed by atoms with van der Waals surface area (Å²) >= 11 is 5.98. The molecule has 1 aromatic carbocycles. The van der Waals surface area contributed by atoms with Crippen molar-refractivity contribution < 1.29 is 4.79 Å². The molecule has 4 nitrogen and oxygen atoms in total. The molecule has 1 unspecified atom stereocenters. The van der Waals surface area contributed by atoms with Crippen LogP contribution in [0.5, 0.6) is 0 Å². The van der Waals surface area contributed by atoms with Gasteiger partial charge < -0.3 is 4.90 Å². The zero-order chi connectivity index (χ0) is 15.8. The second kappa shape index (κ2) is 6.00. The number of aromatic amines is 1. The fourth-order valence-corrected chi connectivity index (χ4v) is 3.96. The van der Waals surface area contributed by atoms with Crippen molar-refractivity contribution in [1.29, 1.82) is 0 Å². The van der Waals surface area contributed by atoms with Crippen LogP contribution in [0, 0.1) is 0 Å². The average Bonchev–Trinajstić information content (AvgIpc) is 3.22. The summed E-state index contributed by atoms with van der Waals surface area (Å²) in [5.74, 6) is 0.0712. The number of carbonyl (C=O) groups excluding carboxylic acids is 1. The fraction of sp³-hybridized carbons (Fsp3) is 0.444. The first-order valence-electron chi connectivity index (χ1n) is 8.36. The number of hydrogen-bond donors (Lipinski definition) is 1. The van der Waals surface area contributed by atoms with Crippen LogP contribution in [0.3, 0.4) is 0 Å². The molecule has 1 N–H and O–H groups in total. The van der Waals surface area contributed by atoms with Crippen LogP contribution in [-0.4, -0.2) is 27.5 Å². The minimum atomic E-state index is 0.0712. The van der Waals surface area contributed by atoms with Gasteiger partial charge in [-0.2, -0.15) is 5.10 Å². The number of rotatable bonds is 2. The zero-order valence-corrected chi connectivity index (χ0v) is 13.8. The number of fused-ring (bicyclic) bond motifs is 1. The molecule has 2 aliphatic rings. The van der Waals surface area contributed by atoms with Crippen molar-refractivity contribution >= 4 is 17.5 Å². The van der Waals surface area contributed by atoms with Crippen molar-refractivity contribution in [2.45, 2.75) is 44.6 Å². The first kappa shape index (κ1) is 14.8. The molecule has 0 spiro atoms. The third kappa shape index (κ3) is 2.65. The van der Waals surface area contributed by atoms with Gasteiger partial charge in [0.15, 0.2) is 5.69 Å². The Labute approximate surface area is 140 Å². The third-order valence-corrected chi connectivity index (χ3v) is 5.28. The number of aromatic nitrogens is 2. The van der Waals surface area contributed by atoms with E-state index in [0.717, 1.165) is 60.5 Å². The lowest BCUT2D eigenvalue weighted by Gasteiger charge is -2.25. The van der Waals surface area contributed by atoms with E-state index in [4.69, 9.17) is 11.6 Å². The van der Waals surface area contributed by atoms with Crippen LogP contribution in [-0.2, 0) is 12.8 Å². The number of carbonyl (C=O) groups is 1. The highest BCUT2D eigenvalue weighted by molar-refractivity contribution is 6.30. The van der Waals surface area contributed by atoms with Gasteiger partial charge in [-0.3, -0.25) is 9.89 Å². The maximum absolute atomic E-state index is 13.0. The molecule has 4 rings (SSSR count). The molecule has 1 atom stereocenters. The van der Waals surface area contributed by atoms with E-state index in [9.17, 15) is 4.79 Å². The predicted octanol–water partition coefficient (Wildman–Crippen LogP) is 3.92. The summed E-state index contributed by atoms with van der Waals surface area (Å²) in [5, 5.41) is 8.15. The lowest BCUT2D eigenvalue weighted by atomic mass is 9.95. The second-order valence-electron chi connectivity index (χ2n) is 6.44. The summed E-state index contributed by atoms with van der Waals surface area (Å²) in [4.78, 5) is 15.0. The zero-order valence-electron chi connectivity index (χ0n) is 13.0. The lowest BCUT2D eigenvalue weighted by molar-refractivity contribution is 0.0728. The Morgan fingerprint density at radius 3 is 2.78 bits per heavy atom. The average molecular weight is 330 g/mol. The van der Waals surface area contributed by atoms with Crippen molar-refractivity contribution in [3.8, 4) is 0 Å². The molecule has 1 aromatic heterocycles.